The summed E-state index contributed by atoms with van der Waals surface area (Å²) in [7, 11) is 0. The molecule has 0 fully saturated rings. The minimum Gasteiger partial charge on any atom is -0.378 e. The number of halogens is 1. The molecule has 1 N–H and O–H groups in total. The van der Waals surface area contributed by atoms with Gasteiger partial charge in [0.25, 0.3) is 0 Å². The first-order valence-corrected chi connectivity index (χ1v) is 5.90. The molecule has 2 heterocycles. The van der Waals surface area contributed by atoms with Gasteiger partial charge in [0.05, 0.1) is 5.69 Å². The Kier molecular flexibility index (Phi) is 3.23. The zero-order valence-corrected chi connectivity index (χ0v) is 9.90. The Morgan fingerprint density at radius 2 is 2.40 bits per heavy atom. The zero-order chi connectivity index (χ0) is 10.7. The SMILES string of the molecule is Cc1cnc(Cl)c(NCc2cccs2)c1. The highest BCUT2D eigenvalue weighted by Crippen LogP contribution is 2.21. The molecule has 0 atom stereocenters. The molecule has 0 saturated carbocycles. The minimum absolute atomic E-state index is 0.525. The topological polar surface area (TPSA) is 24.9 Å². The number of nitrogens with one attached hydrogen (secondary N) is 1. The standard InChI is InChI=1S/C11H11ClN2S/c1-8-5-10(11(12)14-6-8)13-7-9-3-2-4-15-9/h2-6,13H,7H2,1H3. The van der Waals surface area contributed by atoms with Gasteiger partial charge in [-0.15, -0.1) is 11.3 Å². The number of nitrogens with zero attached hydrogens (tertiary/aromatic N) is 1. The summed E-state index contributed by atoms with van der Waals surface area (Å²) in [4.78, 5) is 5.37. The lowest BCUT2D eigenvalue weighted by atomic mass is 10.3. The summed E-state index contributed by atoms with van der Waals surface area (Å²) in [5.74, 6) is 0. The van der Waals surface area contributed by atoms with Gasteiger partial charge in [0.2, 0.25) is 0 Å². The summed E-state index contributed by atoms with van der Waals surface area (Å²) in [5.41, 5.74) is 2.00. The van der Waals surface area contributed by atoms with Gasteiger partial charge in [-0.05, 0) is 30.0 Å². The molecule has 2 rings (SSSR count). The van der Waals surface area contributed by atoms with Crippen LogP contribution in [-0.2, 0) is 6.54 Å². The van der Waals surface area contributed by atoms with E-state index in [0.717, 1.165) is 17.8 Å². The molecule has 0 aliphatic heterocycles. The van der Waals surface area contributed by atoms with Gasteiger partial charge in [0.1, 0.15) is 0 Å². The van der Waals surface area contributed by atoms with Gasteiger partial charge >= 0.3 is 0 Å². The normalized spacial score (nSPS) is 10.3. The Morgan fingerprint density at radius 1 is 1.53 bits per heavy atom. The fraction of sp³-hybridized carbons (Fsp3) is 0.182. The van der Waals surface area contributed by atoms with Crippen LogP contribution in [0.5, 0.6) is 0 Å². The predicted molar refractivity (Wildman–Crippen MR) is 65.6 cm³/mol. The first-order chi connectivity index (χ1) is 7.25. The van der Waals surface area contributed by atoms with Crippen molar-refractivity contribution in [2.75, 3.05) is 5.32 Å². The van der Waals surface area contributed by atoms with Crippen LogP contribution in [0.4, 0.5) is 5.69 Å². The summed E-state index contributed by atoms with van der Waals surface area (Å²) >= 11 is 7.69. The lowest BCUT2D eigenvalue weighted by Crippen LogP contribution is -1.99. The van der Waals surface area contributed by atoms with Crippen molar-refractivity contribution in [3.63, 3.8) is 0 Å². The van der Waals surface area contributed by atoms with E-state index in [1.807, 2.05) is 19.1 Å². The molecular weight excluding hydrogens is 228 g/mol. The number of rotatable bonds is 3. The Morgan fingerprint density at radius 3 is 3.13 bits per heavy atom. The van der Waals surface area contributed by atoms with Gasteiger partial charge in [-0.25, -0.2) is 4.98 Å². The largest absolute Gasteiger partial charge is 0.378 e. The molecule has 2 aromatic heterocycles. The second-order valence-corrected chi connectivity index (χ2v) is 4.67. The van der Waals surface area contributed by atoms with Crippen molar-refractivity contribution in [2.45, 2.75) is 13.5 Å². The van der Waals surface area contributed by atoms with Crippen LogP contribution in [0.3, 0.4) is 0 Å². The summed E-state index contributed by atoms with van der Waals surface area (Å²) < 4.78 is 0. The van der Waals surface area contributed by atoms with E-state index in [1.165, 1.54) is 4.88 Å². The van der Waals surface area contributed by atoms with Crippen LogP contribution in [0.2, 0.25) is 5.15 Å². The highest BCUT2D eigenvalue weighted by molar-refractivity contribution is 7.09. The maximum atomic E-state index is 5.97. The van der Waals surface area contributed by atoms with E-state index in [1.54, 1.807) is 17.5 Å². The zero-order valence-electron chi connectivity index (χ0n) is 8.33. The van der Waals surface area contributed by atoms with Gasteiger partial charge < -0.3 is 5.32 Å². The monoisotopic (exact) mass is 238 g/mol. The summed E-state index contributed by atoms with van der Waals surface area (Å²) in [6, 6.07) is 6.13. The molecule has 0 aliphatic carbocycles. The van der Waals surface area contributed by atoms with Gasteiger partial charge in [-0.3, -0.25) is 0 Å². The molecule has 0 saturated heterocycles. The molecule has 15 heavy (non-hydrogen) atoms. The molecule has 0 radical (unpaired) electrons. The molecule has 0 aliphatic rings. The smallest absolute Gasteiger partial charge is 0.152 e. The van der Waals surface area contributed by atoms with Gasteiger partial charge in [-0.1, -0.05) is 17.7 Å². The maximum Gasteiger partial charge on any atom is 0.152 e. The van der Waals surface area contributed by atoms with Crippen molar-refractivity contribution >= 4 is 28.6 Å². The fourth-order valence-electron chi connectivity index (χ4n) is 1.27. The maximum absolute atomic E-state index is 5.97. The van der Waals surface area contributed by atoms with Crippen LogP contribution in [0.25, 0.3) is 0 Å². The molecule has 0 amide bonds. The van der Waals surface area contributed by atoms with Crippen LogP contribution >= 0.6 is 22.9 Å². The molecule has 0 aromatic carbocycles. The van der Waals surface area contributed by atoms with Crippen LogP contribution in [0, 0.1) is 6.92 Å². The van der Waals surface area contributed by atoms with Crippen molar-refractivity contribution in [1.29, 1.82) is 0 Å². The molecule has 2 nitrogen and oxygen atoms in total. The molecular formula is C11H11ClN2S. The lowest BCUT2D eigenvalue weighted by molar-refractivity contribution is 1.16. The van der Waals surface area contributed by atoms with Crippen molar-refractivity contribution in [3.8, 4) is 0 Å². The van der Waals surface area contributed by atoms with E-state index in [9.17, 15) is 0 Å². The van der Waals surface area contributed by atoms with Crippen molar-refractivity contribution in [1.82, 2.24) is 4.98 Å². The van der Waals surface area contributed by atoms with E-state index in [4.69, 9.17) is 11.6 Å². The number of aromatic nitrogens is 1. The van der Waals surface area contributed by atoms with Crippen molar-refractivity contribution in [2.24, 2.45) is 0 Å². The third-order valence-corrected chi connectivity index (χ3v) is 3.19. The number of pyridine rings is 1. The van der Waals surface area contributed by atoms with E-state index >= 15 is 0 Å². The number of hydrogen-bond acceptors (Lipinski definition) is 3. The van der Waals surface area contributed by atoms with Gasteiger partial charge in [-0.2, -0.15) is 0 Å². The highest BCUT2D eigenvalue weighted by Gasteiger charge is 2.01. The summed E-state index contributed by atoms with van der Waals surface area (Å²) in [6.45, 7) is 2.79. The van der Waals surface area contributed by atoms with Crippen LogP contribution in [0.1, 0.15) is 10.4 Å². The van der Waals surface area contributed by atoms with Crippen LogP contribution in [-0.4, -0.2) is 4.98 Å². The number of thiophene rings is 1. The summed E-state index contributed by atoms with van der Waals surface area (Å²) in [5, 5.41) is 5.86. The molecule has 0 spiro atoms. The second-order valence-electron chi connectivity index (χ2n) is 3.28. The fourth-order valence-corrected chi connectivity index (χ4v) is 2.09. The van der Waals surface area contributed by atoms with Crippen LogP contribution in [0.15, 0.2) is 29.8 Å². The quantitative estimate of drug-likeness (QED) is 0.825. The Balaban J connectivity index is 2.07. The summed E-state index contributed by atoms with van der Waals surface area (Å²) in [6.07, 6.45) is 1.76. The molecule has 0 unspecified atom stereocenters. The Labute approximate surface area is 97.9 Å². The molecule has 4 heteroatoms. The lowest BCUT2D eigenvalue weighted by Gasteiger charge is -2.06. The average Bonchev–Trinajstić information content (AvgIpc) is 2.72. The number of aryl methyl sites for hydroxylation is 1. The number of hydrogen-bond donors (Lipinski definition) is 1. The van der Waals surface area contributed by atoms with Gasteiger partial charge in [0.15, 0.2) is 5.15 Å². The third kappa shape index (κ3) is 2.70. The van der Waals surface area contributed by atoms with Crippen LogP contribution < -0.4 is 5.32 Å². The Bertz CT molecular complexity index is 440. The Hall–Kier alpha value is -1.06. The minimum atomic E-state index is 0.525. The number of anilines is 1. The van der Waals surface area contributed by atoms with E-state index in [-0.39, 0.29) is 0 Å². The van der Waals surface area contributed by atoms with E-state index in [0.29, 0.717) is 5.15 Å². The van der Waals surface area contributed by atoms with E-state index in [2.05, 4.69) is 21.7 Å². The predicted octanol–water partition coefficient (Wildman–Crippen LogP) is 3.72. The average molecular weight is 239 g/mol. The molecule has 2 aromatic rings. The first kappa shape index (κ1) is 10.5. The first-order valence-electron chi connectivity index (χ1n) is 4.64. The van der Waals surface area contributed by atoms with Gasteiger partial charge in [0, 0.05) is 17.6 Å². The van der Waals surface area contributed by atoms with Crippen molar-refractivity contribution < 1.29 is 0 Å². The molecule has 78 valence electrons. The van der Waals surface area contributed by atoms with E-state index < -0.39 is 0 Å². The molecule has 0 bridgehead atoms. The highest BCUT2D eigenvalue weighted by atomic mass is 35.5. The third-order valence-electron chi connectivity index (χ3n) is 2.01. The van der Waals surface area contributed by atoms with Crippen molar-refractivity contribution in [3.05, 3.63) is 45.4 Å². The second kappa shape index (κ2) is 4.64.